The number of rotatable bonds is 8. The molecule has 1 N–H and O–H groups in total. The molecular weight excluding hydrogens is 425 g/mol. The van der Waals surface area contributed by atoms with Gasteiger partial charge in [-0.2, -0.15) is 13.2 Å². The molecule has 10 nitrogen and oxygen atoms in total. The maximum absolute atomic E-state index is 12.1. The van der Waals surface area contributed by atoms with Gasteiger partial charge in [-0.25, -0.2) is 9.78 Å². The number of ether oxygens (including phenoxy) is 1. The fraction of sp³-hybridized carbons (Fsp3) is 0.278. The Morgan fingerprint density at radius 2 is 2.06 bits per heavy atom. The summed E-state index contributed by atoms with van der Waals surface area (Å²) < 4.78 is 47.1. The van der Waals surface area contributed by atoms with Gasteiger partial charge >= 0.3 is 11.9 Å². The molecule has 0 radical (unpaired) electrons. The summed E-state index contributed by atoms with van der Waals surface area (Å²) in [5.74, 6) is -1.33. The molecule has 0 fully saturated rings. The van der Waals surface area contributed by atoms with Gasteiger partial charge in [0, 0.05) is 25.1 Å². The van der Waals surface area contributed by atoms with E-state index in [1.165, 1.54) is 28.8 Å². The molecule has 0 saturated carbocycles. The summed E-state index contributed by atoms with van der Waals surface area (Å²) in [6, 6.07) is 6.33. The van der Waals surface area contributed by atoms with Gasteiger partial charge in [0.15, 0.2) is 12.2 Å². The lowest BCUT2D eigenvalue weighted by Gasteiger charge is -2.09. The van der Waals surface area contributed by atoms with Crippen LogP contribution in [0, 0.1) is 10.1 Å². The third-order valence-electron chi connectivity index (χ3n) is 4.05. The van der Waals surface area contributed by atoms with Crippen molar-refractivity contribution < 1.29 is 32.0 Å². The van der Waals surface area contributed by atoms with Crippen molar-refractivity contribution in [2.75, 3.05) is 11.9 Å². The Morgan fingerprint density at radius 3 is 2.71 bits per heavy atom. The first-order valence-electron chi connectivity index (χ1n) is 8.85. The number of halogens is 3. The number of amides is 1. The first kappa shape index (κ1) is 21.8. The van der Waals surface area contributed by atoms with Crippen molar-refractivity contribution >= 4 is 28.4 Å². The zero-order valence-electron chi connectivity index (χ0n) is 15.7. The Bertz CT molecular complexity index is 1150. The second-order valence-electron chi connectivity index (χ2n) is 6.37. The summed E-state index contributed by atoms with van der Waals surface area (Å²) in [7, 11) is 0. The van der Waals surface area contributed by atoms with Crippen molar-refractivity contribution in [2.45, 2.75) is 25.6 Å². The van der Waals surface area contributed by atoms with Gasteiger partial charge in [-0.05, 0) is 18.6 Å². The number of nitro groups is 1. The Balaban J connectivity index is 1.53. The van der Waals surface area contributed by atoms with E-state index < -0.39 is 29.4 Å². The van der Waals surface area contributed by atoms with Crippen LogP contribution in [0.4, 0.5) is 24.5 Å². The Hall–Kier alpha value is -3.90. The van der Waals surface area contributed by atoms with Crippen LogP contribution in [0.5, 0.6) is 5.88 Å². The molecule has 0 bridgehead atoms. The van der Waals surface area contributed by atoms with Gasteiger partial charge in [0.05, 0.1) is 28.4 Å². The summed E-state index contributed by atoms with van der Waals surface area (Å²) in [6.07, 6.45) is -3.04. The molecule has 31 heavy (non-hydrogen) atoms. The number of nitro benzene ring substituents is 1. The number of non-ortho nitro benzene ring substituents is 1. The lowest BCUT2D eigenvalue weighted by molar-refractivity contribution is -0.384. The largest absolute Gasteiger partial charge is 0.468 e. The maximum Gasteiger partial charge on any atom is 0.422 e. The van der Waals surface area contributed by atoms with Crippen LogP contribution in [0.15, 0.2) is 45.7 Å². The average molecular weight is 440 g/mol. The molecule has 3 aromatic rings. The lowest BCUT2D eigenvalue weighted by atomic mass is 10.2. The van der Waals surface area contributed by atoms with Crippen LogP contribution in [0.25, 0.3) is 11.1 Å². The highest BCUT2D eigenvalue weighted by Gasteiger charge is 2.28. The zero-order chi connectivity index (χ0) is 22.6. The van der Waals surface area contributed by atoms with E-state index in [0.717, 1.165) is 12.3 Å². The summed E-state index contributed by atoms with van der Waals surface area (Å²) in [6.45, 7) is -1.33. The van der Waals surface area contributed by atoms with Crippen molar-refractivity contribution in [3.8, 4) is 5.88 Å². The van der Waals surface area contributed by atoms with Gasteiger partial charge in [-0.15, -0.1) is 0 Å². The van der Waals surface area contributed by atoms with E-state index in [-0.39, 0.29) is 42.2 Å². The Morgan fingerprint density at radius 1 is 1.29 bits per heavy atom. The second-order valence-corrected chi connectivity index (χ2v) is 6.37. The number of alkyl halides is 3. The number of aryl methyl sites for hydroxylation is 1. The molecule has 0 unspecified atom stereocenters. The summed E-state index contributed by atoms with van der Waals surface area (Å²) in [4.78, 5) is 37.9. The SMILES string of the molecule is O=C(CCCn1c(=O)oc2cc([N+](=O)[O-])ccc21)Nc1ccc(OCC(F)(F)F)nc1. The van der Waals surface area contributed by atoms with E-state index >= 15 is 0 Å². The lowest BCUT2D eigenvalue weighted by Crippen LogP contribution is -2.19. The number of fused-ring (bicyclic) bond motifs is 1. The molecule has 0 saturated heterocycles. The van der Waals surface area contributed by atoms with Gasteiger partial charge in [-0.1, -0.05) is 0 Å². The third kappa shape index (κ3) is 5.81. The van der Waals surface area contributed by atoms with Gasteiger partial charge in [0.1, 0.15) is 0 Å². The topological polar surface area (TPSA) is 130 Å². The highest BCUT2D eigenvalue weighted by atomic mass is 19.4. The van der Waals surface area contributed by atoms with Crippen LogP contribution in [0.1, 0.15) is 12.8 Å². The molecular formula is C18H15F3N4O6. The predicted octanol–water partition coefficient (Wildman–Crippen LogP) is 3.26. The predicted molar refractivity (Wildman–Crippen MR) is 101 cm³/mol. The zero-order valence-corrected chi connectivity index (χ0v) is 15.7. The summed E-state index contributed by atoms with van der Waals surface area (Å²) >= 11 is 0. The molecule has 164 valence electrons. The second kappa shape index (κ2) is 8.85. The fourth-order valence-corrected chi connectivity index (χ4v) is 2.70. The van der Waals surface area contributed by atoms with E-state index in [0.29, 0.717) is 5.52 Å². The minimum Gasteiger partial charge on any atom is -0.468 e. The molecule has 0 aliphatic rings. The number of oxazole rings is 1. The number of carbonyl (C=O) groups is 1. The normalized spacial score (nSPS) is 11.5. The third-order valence-corrected chi connectivity index (χ3v) is 4.05. The smallest absolute Gasteiger partial charge is 0.422 e. The van der Waals surface area contributed by atoms with Gasteiger partial charge in [0.2, 0.25) is 11.8 Å². The van der Waals surface area contributed by atoms with Crippen LogP contribution in [-0.4, -0.2) is 33.2 Å². The highest BCUT2D eigenvalue weighted by Crippen LogP contribution is 2.21. The minimum absolute atomic E-state index is 0.0262. The molecule has 2 heterocycles. The molecule has 0 spiro atoms. The number of aromatic nitrogens is 2. The first-order valence-corrected chi connectivity index (χ1v) is 8.85. The first-order chi connectivity index (χ1) is 14.6. The number of nitrogens with zero attached hydrogens (tertiary/aromatic N) is 3. The van der Waals surface area contributed by atoms with E-state index in [4.69, 9.17) is 4.42 Å². The number of carbonyl (C=O) groups excluding carboxylic acids is 1. The minimum atomic E-state index is -4.48. The van der Waals surface area contributed by atoms with Gasteiger partial charge in [-0.3, -0.25) is 19.5 Å². The Labute approximate surface area is 171 Å². The summed E-state index contributed by atoms with van der Waals surface area (Å²) in [5.41, 5.74) is 0.496. The summed E-state index contributed by atoms with van der Waals surface area (Å²) in [5, 5.41) is 13.3. The number of pyridine rings is 1. The molecule has 2 aromatic heterocycles. The average Bonchev–Trinajstić information content (AvgIpc) is 3.01. The van der Waals surface area contributed by atoms with Crippen LogP contribution in [-0.2, 0) is 11.3 Å². The molecule has 13 heteroatoms. The van der Waals surface area contributed by atoms with Crippen molar-refractivity contribution in [3.63, 3.8) is 0 Å². The Kier molecular flexibility index (Phi) is 6.22. The van der Waals surface area contributed by atoms with Crippen molar-refractivity contribution in [3.05, 3.63) is 57.2 Å². The van der Waals surface area contributed by atoms with Gasteiger partial charge < -0.3 is 14.5 Å². The van der Waals surface area contributed by atoms with E-state index in [1.807, 2.05) is 0 Å². The number of nitrogens with one attached hydrogen (secondary N) is 1. The maximum atomic E-state index is 12.1. The quantitative estimate of drug-likeness (QED) is 0.420. The molecule has 1 amide bonds. The highest BCUT2D eigenvalue weighted by molar-refractivity contribution is 5.90. The molecule has 0 atom stereocenters. The van der Waals surface area contributed by atoms with Crippen molar-refractivity contribution in [1.82, 2.24) is 9.55 Å². The van der Waals surface area contributed by atoms with Crippen LogP contribution >= 0.6 is 0 Å². The molecule has 0 aliphatic heterocycles. The van der Waals surface area contributed by atoms with Crippen molar-refractivity contribution in [1.29, 1.82) is 0 Å². The van der Waals surface area contributed by atoms with Gasteiger partial charge in [0.25, 0.3) is 5.69 Å². The van der Waals surface area contributed by atoms with E-state index in [2.05, 4.69) is 15.0 Å². The number of anilines is 1. The monoisotopic (exact) mass is 440 g/mol. The van der Waals surface area contributed by atoms with E-state index in [9.17, 15) is 32.9 Å². The van der Waals surface area contributed by atoms with Crippen LogP contribution < -0.4 is 15.8 Å². The van der Waals surface area contributed by atoms with E-state index in [1.54, 1.807) is 0 Å². The molecule has 0 aliphatic carbocycles. The number of benzene rings is 1. The van der Waals surface area contributed by atoms with Crippen molar-refractivity contribution in [2.24, 2.45) is 0 Å². The van der Waals surface area contributed by atoms with Crippen LogP contribution in [0.2, 0.25) is 0 Å². The number of hydrogen-bond acceptors (Lipinski definition) is 7. The van der Waals surface area contributed by atoms with Crippen LogP contribution in [0.3, 0.4) is 0 Å². The standard InChI is InChI=1S/C18H15F3N4O6/c19-18(20,21)10-30-16-6-3-11(9-22-16)23-15(26)2-1-7-24-13-5-4-12(25(28)29)8-14(13)31-17(24)27/h3-6,8-9H,1-2,7,10H2,(H,23,26). The number of hydrogen-bond donors (Lipinski definition) is 1. The molecule has 3 rings (SSSR count). The fourth-order valence-electron chi connectivity index (χ4n) is 2.70. The molecule has 1 aromatic carbocycles.